The topological polar surface area (TPSA) is 178 Å². The molecule has 0 radical (unpaired) electrons. The van der Waals surface area contributed by atoms with Crippen molar-refractivity contribution in [3.63, 3.8) is 0 Å². The number of aromatic amines is 2. The average molecular weight is 484 g/mol. The standard InChI is InChI=1S/C25H20N6O5/c1-36-14-8-5-12(6-9-14)21-20-22(29-28-21)15-3-2-4-17(19(15)23(20)33)27-25(35)31-30-24(34)13-7-10-18(32)16(26)11-13/h2-11,28-29,32-33H,26H2,1H3,(H,27,35). The minimum atomic E-state index is -0.909. The number of urea groups is 1. The number of H-pyrrole nitrogens is 2. The first-order chi connectivity index (χ1) is 17.4. The normalized spacial score (nSPS) is 11.4. The lowest BCUT2D eigenvalue weighted by Gasteiger charge is -2.05. The number of phenols is 1. The minimum Gasteiger partial charge on any atom is -0.506 e. The predicted octanol–water partition coefficient (Wildman–Crippen LogP) is 5.09. The Morgan fingerprint density at radius 1 is 0.972 bits per heavy atom. The number of amides is 3. The van der Waals surface area contributed by atoms with Crippen LogP contribution in [0.15, 0.2) is 70.9 Å². The molecule has 7 N–H and O–H groups in total. The number of carbonyl (C=O) groups excluding carboxylic acids is 2. The van der Waals surface area contributed by atoms with E-state index in [-0.39, 0.29) is 22.7 Å². The second-order valence-corrected chi connectivity index (χ2v) is 7.89. The van der Waals surface area contributed by atoms with Crippen LogP contribution in [-0.2, 0) is 0 Å². The molecule has 0 saturated carbocycles. The van der Waals surface area contributed by atoms with Crippen LogP contribution >= 0.6 is 0 Å². The van der Waals surface area contributed by atoms with Gasteiger partial charge in [-0.1, -0.05) is 17.2 Å². The fourth-order valence-corrected chi connectivity index (χ4v) is 4.01. The van der Waals surface area contributed by atoms with E-state index in [1.165, 1.54) is 18.2 Å². The zero-order valence-corrected chi connectivity index (χ0v) is 18.9. The summed E-state index contributed by atoms with van der Waals surface area (Å²) in [5.74, 6) is -0.312. The summed E-state index contributed by atoms with van der Waals surface area (Å²) in [5.41, 5.74) is 8.63. The predicted molar refractivity (Wildman–Crippen MR) is 134 cm³/mol. The van der Waals surface area contributed by atoms with Crippen LogP contribution in [-0.4, -0.2) is 39.5 Å². The number of nitrogens with one attached hydrogen (secondary N) is 3. The van der Waals surface area contributed by atoms with E-state index < -0.39 is 11.9 Å². The molecule has 3 amide bonds. The van der Waals surface area contributed by atoms with E-state index in [9.17, 15) is 19.8 Å². The number of rotatable bonds is 4. The third-order valence-electron chi connectivity index (χ3n) is 5.75. The van der Waals surface area contributed by atoms with Gasteiger partial charge in [0.05, 0.1) is 40.8 Å². The molecular weight excluding hydrogens is 464 g/mol. The molecule has 0 bridgehead atoms. The summed E-state index contributed by atoms with van der Waals surface area (Å²) in [4.78, 5) is 24.6. The molecule has 0 aromatic heterocycles. The second-order valence-electron chi connectivity index (χ2n) is 7.89. The molecule has 0 spiro atoms. The van der Waals surface area contributed by atoms with Gasteiger partial charge in [-0.3, -0.25) is 15.0 Å². The Labute approximate surface area is 203 Å². The molecular formula is C25H20N6O5. The van der Waals surface area contributed by atoms with Crippen LogP contribution in [0.25, 0.3) is 33.3 Å². The van der Waals surface area contributed by atoms with E-state index >= 15 is 0 Å². The Balaban J connectivity index is 1.44. The number of nitrogen functional groups attached to an aromatic ring is 1. The Morgan fingerprint density at radius 3 is 2.44 bits per heavy atom. The lowest BCUT2D eigenvalue weighted by molar-refractivity contribution is 0.0994. The van der Waals surface area contributed by atoms with Crippen molar-refractivity contribution in [3.8, 4) is 39.8 Å². The highest BCUT2D eigenvalue weighted by Crippen LogP contribution is 2.50. The second kappa shape index (κ2) is 8.80. The SMILES string of the molecule is COc1ccc(-c2[nH][nH]c3c4cccc(NC(=O)N=NC(=O)c5ccc(O)c(N)c5)c4c(O)c2-3)cc1. The van der Waals surface area contributed by atoms with Gasteiger partial charge in [0.1, 0.15) is 17.2 Å². The lowest BCUT2D eigenvalue weighted by Crippen LogP contribution is -2.07. The first-order valence-electron chi connectivity index (χ1n) is 10.7. The zero-order chi connectivity index (χ0) is 25.4. The monoisotopic (exact) mass is 484 g/mol. The van der Waals surface area contributed by atoms with Gasteiger partial charge in [0.25, 0.3) is 5.91 Å². The van der Waals surface area contributed by atoms with Crippen molar-refractivity contribution in [1.82, 2.24) is 10.2 Å². The molecule has 0 saturated heterocycles. The van der Waals surface area contributed by atoms with Gasteiger partial charge in [-0.15, -0.1) is 5.11 Å². The summed E-state index contributed by atoms with van der Waals surface area (Å²) in [5, 5.41) is 37.3. The van der Waals surface area contributed by atoms with Gasteiger partial charge in [0.2, 0.25) is 0 Å². The summed E-state index contributed by atoms with van der Waals surface area (Å²) in [6.45, 7) is 0. The number of anilines is 2. The van der Waals surface area contributed by atoms with Crippen molar-refractivity contribution in [2.75, 3.05) is 18.2 Å². The number of phenolic OH excluding ortho intramolecular Hbond substituents is 1. The number of benzene rings is 3. The van der Waals surface area contributed by atoms with Gasteiger partial charge in [0, 0.05) is 16.5 Å². The molecule has 1 heterocycles. The largest absolute Gasteiger partial charge is 0.506 e. The van der Waals surface area contributed by atoms with E-state index in [0.29, 0.717) is 39.2 Å². The van der Waals surface area contributed by atoms with Crippen LogP contribution < -0.4 is 15.8 Å². The van der Waals surface area contributed by atoms with E-state index in [2.05, 4.69) is 25.7 Å². The minimum absolute atomic E-state index is 0.000763. The van der Waals surface area contributed by atoms with Crippen molar-refractivity contribution in [3.05, 3.63) is 66.2 Å². The molecule has 1 aliphatic heterocycles. The first kappa shape index (κ1) is 22.5. The Hall–Kier alpha value is -5.32. The molecule has 2 aliphatic rings. The van der Waals surface area contributed by atoms with Gasteiger partial charge in [0.15, 0.2) is 0 Å². The summed E-state index contributed by atoms with van der Waals surface area (Å²) < 4.78 is 5.21. The Morgan fingerprint density at radius 2 is 1.72 bits per heavy atom. The fourth-order valence-electron chi connectivity index (χ4n) is 4.01. The van der Waals surface area contributed by atoms with Gasteiger partial charge < -0.3 is 26.0 Å². The molecule has 180 valence electrons. The zero-order valence-electron chi connectivity index (χ0n) is 18.9. The molecule has 11 nitrogen and oxygen atoms in total. The highest BCUT2D eigenvalue weighted by molar-refractivity contribution is 6.16. The maximum absolute atomic E-state index is 12.4. The van der Waals surface area contributed by atoms with Crippen molar-refractivity contribution in [1.29, 1.82) is 0 Å². The lowest BCUT2D eigenvalue weighted by atomic mass is 10.1. The summed E-state index contributed by atoms with van der Waals surface area (Å²) in [7, 11) is 1.58. The molecule has 0 fully saturated rings. The average Bonchev–Trinajstić information content (AvgIpc) is 3.44. The highest BCUT2D eigenvalue weighted by atomic mass is 16.5. The smallest absolute Gasteiger partial charge is 0.364 e. The summed E-state index contributed by atoms with van der Waals surface area (Å²) in [6, 6.07) is 15.3. The van der Waals surface area contributed by atoms with Crippen molar-refractivity contribution in [2.24, 2.45) is 10.2 Å². The maximum Gasteiger partial charge on any atom is 0.364 e. The van der Waals surface area contributed by atoms with E-state index in [1.807, 2.05) is 24.3 Å². The number of fused-ring (bicyclic) bond motifs is 3. The van der Waals surface area contributed by atoms with Gasteiger partial charge >= 0.3 is 6.03 Å². The Bertz CT molecular complexity index is 1620. The van der Waals surface area contributed by atoms with Crippen LogP contribution in [0.4, 0.5) is 16.2 Å². The summed E-state index contributed by atoms with van der Waals surface area (Å²) in [6.07, 6.45) is 0. The van der Waals surface area contributed by atoms with Crippen LogP contribution in [0.5, 0.6) is 17.2 Å². The van der Waals surface area contributed by atoms with Crippen molar-refractivity contribution < 1.29 is 24.5 Å². The van der Waals surface area contributed by atoms with Gasteiger partial charge in [-0.05, 0) is 48.5 Å². The number of aromatic nitrogens is 2. The van der Waals surface area contributed by atoms with E-state index in [0.717, 1.165) is 5.56 Å². The molecule has 36 heavy (non-hydrogen) atoms. The van der Waals surface area contributed by atoms with E-state index in [1.54, 1.807) is 25.3 Å². The fraction of sp³-hybridized carbons (Fsp3) is 0.0400. The molecule has 1 aliphatic carbocycles. The number of hydrogen-bond acceptors (Lipinski definition) is 6. The highest BCUT2D eigenvalue weighted by Gasteiger charge is 2.26. The Kier molecular flexibility index (Phi) is 5.49. The molecule has 0 atom stereocenters. The third kappa shape index (κ3) is 3.84. The van der Waals surface area contributed by atoms with Gasteiger partial charge in [-0.2, -0.15) is 0 Å². The van der Waals surface area contributed by atoms with Crippen molar-refractivity contribution in [2.45, 2.75) is 0 Å². The number of aromatic hydroxyl groups is 2. The third-order valence-corrected chi connectivity index (χ3v) is 5.75. The summed E-state index contributed by atoms with van der Waals surface area (Å²) >= 11 is 0. The number of nitrogens with zero attached hydrogens (tertiary/aromatic N) is 2. The molecule has 3 aromatic rings. The number of nitrogens with two attached hydrogens (primary N) is 1. The number of carbonyl (C=O) groups is 2. The van der Waals surface area contributed by atoms with Crippen molar-refractivity contribution >= 4 is 34.1 Å². The quantitative estimate of drug-likeness (QED) is 0.117. The molecule has 5 rings (SSSR count). The van der Waals surface area contributed by atoms with Crippen LogP contribution in [0.2, 0.25) is 0 Å². The molecule has 11 heteroatoms. The number of hydrogen-bond donors (Lipinski definition) is 6. The first-order valence-corrected chi connectivity index (χ1v) is 10.7. The maximum atomic E-state index is 12.4. The van der Waals surface area contributed by atoms with Crippen LogP contribution in [0, 0.1) is 0 Å². The van der Waals surface area contributed by atoms with Crippen LogP contribution in [0.3, 0.4) is 0 Å². The number of methoxy groups -OCH3 is 1. The molecule has 0 unspecified atom stereocenters. The number of ether oxygens (including phenoxy) is 1. The van der Waals surface area contributed by atoms with E-state index in [4.69, 9.17) is 10.5 Å². The van der Waals surface area contributed by atoms with Crippen LogP contribution in [0.1, 0.15) is 10.4 Å². The molecule has 3 aromatic carbocycles. The number of azo groups is 1. The van der Waals surface area contributed by atoms with Gasteiger partial charge in [-0.25, -0.2) is 4.79 Å².